The quantitative estimate of drug-likeness (QED) is 0.704. The molecule has 3 nitrogen and oxygen atoms in total. The van der Waals surface area contributed by atoms with Gasteiger partial charge in [0, 0.05) is 31.5 Å². The number of likely N-dealkylation sites (N-methyl/N-ethyl adjacent to an activating group) is 1. The maximum atomic E-state index is 5.85. The van der Waals surface area contributed by atoms with E-state index in [1.807, 2.05) is 18.5 Å². The van der Waals surface area contributed by atoms with Crippen molar-refractivity contribution in [3.05, 3.63) is 30.1 Å². The standard InChI is InChI=1S/C14H25N3/c1-3-4-5-8-14(10-15)17(2)12-13-7-6-9-16-11-13/h6-7,9,11,14H,3-5,8,10,12,15H2,1-2H3. The van der Waals surface area contributed by atoms with E-state index < -0.39 is 0 Å². The summed E-state index contributed by atoms with van der Waals surface area (Å²) < 4.78 is 0. The van der Waals surface area contributed by atoms with Crippen LogP contribution in [0.5, 0.6) is 0 Å². The van der Waals surface area contributed by atoms with Crippen LogP contribution in [0.2, 0.25) is 0 Å². The molecule has 1 heterocycles. The van der Waals surface area contributed by atoms with Crippen LogP contribution in [0.1, 0.15) is 38.2 Å². The molecule has 0 saturated heterocycles. The summed E-state index contributed by atoms with van der Waals surface area (Å²) in [4.78, 5) is 6.48. The smallest absolute Gasteiger partial charge is 0.0312 e. The molecule has 2 N–H and O–H groups in total. The molecule has 0 amide bonds. The number of aromatic nitrogens is 1. The van der Waals surface area contributed by atoms with Crippen LogP contribution in [-0.2, 0) is 6.54 Å². The largest absolute Gasteiger partial charge is 0.329 e. The van der Waals surface area contributed by atoms with E-state index in [4.69, 9.17) is 5.73 Å². The summed E-state index contributed by atoms with van der Waals surface area (Å²) in [6.45, 7) is 3.90. The molecule has 0 radical (unpaired) electrons. The first-order valence-corrected chi connectivity index (χ1v) is 6.57. The highest BCUT2D eigenvalue weighted by atomic mass is 15.1. The molecule has 0 aliphatic heterocycles. The van der Waals surface area contributed by atoms with E-state index in [-0.39, 0.29) is 0 Å². The fraction of sp³-hybridized carbons (Fsp3) is 0.643. The topological polar surface area (TPSA) is 42.1 Å². The minimum Gasteiger partial charge on any atom is -0.329 e. The van der Waals surface area contributed by atoms with Gasteiger partial charge in [0.2, 0.25) is 0 Å². The SMILES string of the molecule is CCCCCC(CN)N(C)Cc1cccnc1. The Morgan fingerprint density at radius 3 is 2.82 bits per heavy atom. The van der Waals surface area contributed by atoms with E-state index in [0.717, 1.165) is 13.1 Å². The highest BCUT2D eigenvalue weighted by Crippen LogP contribution is 2.11. The van der Waals surface area contributed by atoms with Gasteiger partial charge < -0.3 is 5.73 Å². The normalized spacial score (nSPS) is 12.9. The predicted molar refractivity (Wildman–Crippen MR) is 72.7 cm³/mol. The van der Waals surface area contributed by atoms with Crippen molar-refractivity contribution in [3.8, 4) is 0 Å². The highest BCUT2D eigenvalue weighted by molar-refractivity contribution is 5.08. The molecule has 0 saturated carbocycles. The summed E-state index contributed by atoms with van der Waals surface area (Å²) in [6, 6.07) is 4.59. The Morgan fingerprint density at radius 1 is 1.41 bits per heavy atom. The number of unbranched alkanes of at least 4 members (excludes halogenated alkanes) is 2. The van der Waals surface area contributed by atoms with Crippen LogP contribution in [0.25, 0.3) is 0 Å². The minimum atomic E-state index is 0.488. The summed E-state index contributed by atoms with van der Waals surface area (Å²) in [5.74, 6) is 0. The Bertz CT molecular complexity index is 287. The zero-order chi connectivity index (χ0) is 12.5. The van der Waals surface area contributed by atoms with Gasteiger partial charge in [0.25, 0.3) is 0 Å². The van der Waals surface area contributed by atoms with Crippen LogP contribution >= 0.6 is 0 Å². The zero-order valence-electron chi connectivity index (χ0n) is 11.1. The van der Waals surface area contributed by atoms with Gasteiger partial charge >= 0.3 is 0 Å². The second-order valence-corrected chi connectivity index (χ2v) is 4.66. The molecule has 1 aromatic heterocycles. The summed E-state index contributed by atoms with van der Waals surface area (Å²) in [6.07, 6.45) is 8.78. The monoisotopic (exact) mass is 235 g/mol. The Hall–Kier alpha value is -0.930. The van der Waals surface area contributed by atoms with Crippen molar-refractivity contribution in [1.29, 1.82) is 0 Å². The molecule has 17 heavy (non-hydrogen) atoms. The molecule has 1 rings (SSSR count). The number of rotatable bonds is 8. The summed E-state index contributed by atoms with van der Waals surface area (Å²) in [7, 11) is 2.15. The molecule has 1 unspecified atom stereocenters. The lowest BCUT2D eigenvalue weighted by molar-refractivity contribution is 0.222. The molecule has 0 aromatic carbocycles. The number of nitrogens with zero attached hydrogens (tertiary/aromatic N) is 2. The van der Waals surface area contributed by atoms with Crippen molar-refractivity contribution in [2.45, 2.75) is 45.2 Å². The lowest BCUT2D eigenvalue weighted by atomic mass is 10.1. The van der Waals surface area contributed by atoms with Gasteiger partial charge in [-0.15, -0.1) is 0 Å². The average Bonchev–Trinajstić information content (AvgIpc) is 2.36. The Labute approximate surface area is 105 Å². The third-order valence-electron chi connectivity index (χ3n) is 3.19. The lowest BCUT2D eigenvalue weighted by Crippen LogP contribution is -2.37. The number of nitrogens with two attached hydrogens (primary N) is 1. The van der Waals surface area contributed by atoms with Crippen molar-refractivity contribution in [2.75, 3.05) is 13.6 Å². The lowest BCUT2D eigenvalue weighted by Gasteiger charge is -2.26. The third-order valence-corrected chi connectivity index (χ3v) is 3.19. The van der Waals surface area contributed by atoms with Crippen molar-refractivity contribution in [1.82, 2.24) is 9.88 Å². The Balaban J connectivity index is 2.40. The molecular formula is C14H25N3. The van der Waals surface area contributed by atoms with Crippen LogP contribution in [0.4, 0.5) is 0 Å². The predicted octanol–water partition coefficient (Wildman–Crippen LogP) is 2.42. The van der Waals surface area contributed by atoms with E-state index in [2.05, 4.69) is 29.9 Å². The molecule has 0 spiro atoms. The van der Waals surface area contributed by atoms with E-state index >= 15 is 0 Å². The van der Waals surface area contributed by atoms with Crippen LogP contribution < -0.4 is 5.73 Å². The molecular weight excluding hydrogens is 210 g/mol. The Morgan fingerprint density at radius 2 is 2.24 bits per heavy atom. The number of pyridine rings is 1. The van der Waals surface area contributed by atoms with Gasteiger partial charge in [-0.05, 0) is 25.1 Å². The van der Waals surface area contributed by atoms with Gasteiger partial charge in [-0.25, -0.2) is 0 Å². The molecule has 0 aliphatic rings. The molecule has 0 fully saturated rings. The van der Waals surface area contributed by atoms with Crippen LogP contribution in [-0.4, -0.2) is 29.5 Å². The van der Waals surface area contributed by atoms with Gasteiger partial charge in [-0.3, -0.25) is 9.88 Å². The molecule has 3 heteroatoms. The van der Waals surface area contributed by atoms with Crippen LogP contribution in [0.3, 0.4) is 0 Å². The van der Waals surface area contributed by atoms with E-state index in [1.165, 1.54) is 31.2 Å². The van der Waals surface area contributed by atoms with Crippen molar-refractivity contribution >= 4 is 0 Å². The second-order valence-electron chi connectivity index (χ2n) is 4.66. The molecule has 1 aromatic rings. The van der Waals surface area contributed by atoms with Gasteiger partial charge in [0.15, 0.2) is 0 Å². The first-order valence-electron chi connectivity index (χ1n) is 6.57. The summed E-state index contributed by atoms with van der Waals surface area (Å²) in [5, 5.41) is 0. The average molecular weight is 235 g/mol. The molecule has 1 atom stereocenters. The highest BCUT2D eigenvalue weighted by Gasteiger charge is 2.12. The van der Waals surface area contributed by atoms with E-state index in [1.54, 1.807) is 0 Å². The van der Waals surface area contributed by atoms with E-state index in [0.29, 0.717) is 6.04 Å². The number of hydrogen-bond acceptors (Lipinski definition) is 3. The molecule has 0 aliphatic carbocycles. The van der Waals surface area contributed by atoms with Gasteiger partial charge in [-0.2, -0.15) is 0 Å². The van der Waals surface area contributed by atoms with Gasteiger partial charge in [0.05, 0.1) is 0 Å². The Kier molecular flexibility index (Phi) is 6.82. The first-order chi connectivity index (χ1) is 8.27. The van der Waals surface area contributed by atoms with Crippen molar-refractivity contribution in [2.24, 2.45) is 5.73 Å². The van der Waals surface area contributed by atoms with Gasteiger partial charge in [0.1, 0.15) is 0 Å². The zero-order valence-corrected chi connectivity index (χ0v) is 11.1. The second kappa shape index (κ2) is 8.20. The summed E-state index contributed by atoms with van der Waals surface area (Å²) in [5.41, 5.74) is 7.11. The maximum absolute atomic E-state index is 5.85. The fourth-order valence-electron chi connectivity index (χ4n) is 2.06. The fourth-order valence-corrected chi connectivity index (χ4v) is 2.06. The first kappa shape index (κ1) is 14.1. The van der Waals surface area contributed by atoms with Crippen LogP contribution in [0, 0.1) is 0 Å². The summed E-state index contributed by atoms with van der Waals surface area (Å²) >= 11 is 0. The van der Waals surface area contributed by atoms with Crippen molar-refractivity contribution < 1.29 is 0 Å². The van der Waals surface area contributed by atoms with Gasteiger partial charge in [-0.1, -0.05) is 32.3 Å². The maximum Gasteiger partial charge on any atom is 0.0312 e. The minimum absolute atomic E-state index is 0.488. The third kappa shape index (κ3) is 5.29. The van der Waals surface area contributed by atoms with E-state index in [9.17, 15) is 0 Å². The van der Waals surface area contributed by atoms with Crippen molar-refractivity contribution in [3.63, 3.8) is 0 Å². The molecule has 96 valence electrons. The van der Waals surface area contributed by atoms with Crippen LogP contribution in [0.15, 0.2) is 24.5 Å². The molecule has 0 bridgehead atoms. The number of hydrogen-bond donors (Lipinski definition) is 1.